The van der Waals surface area contributed by atoms with Crippen LogP contribution < -0.4 is 10.6 Å². The summed E-state index contributed by atoms with van der Waals surface area (Å²) in [6, 6.07) is 0. The average Bonchev–Trinajstić information content (AvgIpc) is 2.73. The second kappa shape index (κ2) is 10.8. The zero-order valence-electron chi connectivity index (χ0n) is 15.8. The molecule has 0 aliphatic carbocycles. The van der Waals surface area contributed by atoms with Crippen LogP contribution in [0.4, 0.5) is 0 Å². The number of methoxy groups -OCH3 is 1. The fourth-order valence-corrected chi connectivity index (χ4v) is 2.51. The Morgan fingerprint density at radius 1 is 1.17 bits per heavy atom. The molecule has 1 fully saturated rings. The van der Waals surface area contributed by atoms with Gasteiger partial charge in [0.15, 0.2) is 5.96 Å². The molecule has 0 saturated carbocycles. The fourth-order valence-electron chi connectivity index (χ4n) is 2.51. The molecule has 2 N–H and O–H groups in total. The molecule has 1 aliphatic rings. The first-order chi connectivity index (χ1) is 11.0. The van der Waals surface area contributed by atoms with E-state index in [1.807, 2.05) is 0 Å². The Morgan fingerprint density at radius 3 is 2.65 bits per heavy atom. The summed E-state index contributed by atoms with van der Waals surface area (Å²) in [6.07, 6.45) is 2.42. The third-order valence-corrected chi connectivity index (χ3v) is 4.27. The predicted octanol–water partition coefficient (Wildman–Crippen LogP) is 0.994. The Balaban J connectivity index is 2.28. The minimum atomic E-state index is -0.222. The van der Waals surface area contributed by atoms with Crippen molar-refractivity contribution in [3.05, 3.63) is 0 Å². The van der Waals surface area contributed by atoms with Crippen molar-refractivity contribution in [3.8, 4) is 0 Å². The highest BCUT2D eigenvalue weighted by molar-refractivity contribution is 5.79. The Bertz CT molecular complexity index is 346. The van der Waals surface area contributed by atoms with Gasteiger partial charge in [0.25, 0.3) is 0 Å². The van der Waals surface area contributed by atoms with Gasteiger partial charge in [-0.3, -0.25) is 4.99 Å². The molecule has 6 nitrogen and oxygen atoms in total. The maximum absolute atomic E-state index is 5.42. The molecule has 1 aliphatic heterocycles. The maximum atomic E-state index is 5.42. The normalized spacial score (nSPS) is 18.7. The standard InChI is InChI=1S/C17H37N5O/c1-6-18-16(20-15-17(2,3)23-5)19-9-7-11-22-12-8-10-21(4)13-14-22/h6-15H2,1-5H3,(H2,18,19,20). The van der Waals surface area contributed by atoms with Crippen molar-refractivity contribution in [2.45, 2.75) is 39.2 Å². The summed E-state index contributed by atoms with van der Waals surface area (Å²) < 4.78 is 5.42. The molecule has 0 atom stereocenters. The second-order valence-corrected chi connectivity index (χ2v) is 6.94. The van der Waals surface area contributed by atoms with E-state index < -0.39 is 0 Å². The van der Waals surface area contributed by atoms with Gasteiger partial charge in [-0.05, 0) is 60.3 Å². The smallest absolute Gasteiger partial charge is 0.191 e. The van der Waals surface area contributed by atoms with Gasteiger partial charge in [-0.1, -0.05) is 0 Å². The van der Waals surface area contributed by atoms with Crippen molar-refractivity contribution in [2.75, 3.05) is 66.5 Å². The fraction of sp³-hybridized carbons (Fsp3) is 0.941. The summed E-state index contributed by atoms with van der Waals surface area (Å²) in [5.74, 6) is 0.883. The number of rotatable bonds is 8. The number of guanidine groups is 1. The molecule has 0 aromatic carbocycles. The van der Waals surface area contributed by atoms with Gasteiger partial charge in [-0.25, -0.2) is 0 Å². The summed E-state index contributed by atoms with van der Waals surface area (Å²) >= 11 is 0. The highest BCUT2D eigenvalue weighted by Crippen LogP contribution is 2.07. The molecule has 0 unspecified atom stereocenters. The molecule has 1 rings (SSSR count). The first-order valence-electron chi connectivity index (χ1n) is 8.95. The van der Waals surface area contributed by atoms with Crippen molar-refractivity contribution in [2.24, 2.45) is 4.99 Å². The van der Waals surface area contributed by atoms with Crippen LogP contribution in [-0.2, 0) is 4.74 Å². The first-order valence-corrected chi connectivity index (χ1v) is 8.95. The van der Waals surface area contributed by atoms with Crippen LogP contribution in [0.2, 0.25) is 0 Å². The quantitative estimate of drug-likeness (QED) is 0.396. The third-order valence-electron chi connectivity index (χ3n) is 4.27. The topological polar surface area (TPSA) is 52.1 Å². The zero-order valence-corrected chi connectivity index (χ0v) is 15.8. The van der Waals surface area contributed by atoms with Crippen LogP contribution in [0.15, 0.2) is 4.99 Å². The number of nitrogens with one attached hydrogen (secondary N) is 2. The van der Waals surface area contributed by atoms with Crippen LogP contribution in [0.3, 0.4) is 0 Å². The van der Waals surface area contributed by atoms with Gasteiger partial charge < -0.3 is 25.2 Å². The van der Waals surface area contributed by atoms with Crippen LogP contribution in [-0.4, -0.2) is 87.9 Å². The Hall–Kier alpha value is -0.850. The Labute approximate surface area is 142 Å². The summed E-state index contributed by atoms with van der Waals surface area (Å²) in [7, 11) is 3.94. The maximum Gasteiger partial charge on any atom is 0.191 e. The molecule has 0 radical (unpaired) electrons. The second-order valence-electron chi connectivity index (χ2n) is 6.94. The zero-order chi connectivity index (χ0) is 17.1. The van der Waals surface area contributed by atoms with E-state index in [4.69, 9.17) is 4.74 Å². The SMILES string of the molecule is CCNC(=NCC(C)(C)OC)NCCCN1CCCN(C)CC1. The number of ether oxygens (including phenoxy) is 1. The van der Waals surface area contributed by atoms with Crippen LogP contribution in [0.1, 0.15) is 33.6 Å². The predicted molar refractivity (Wildman–Crippen MR) is 98.2 cm³/mol. The van der Waals surface area contributed by atoms with E-state index in [0.29, 0.717) is 6.54 Å². The van der Waals surface area contributed by atoms with Crippen molar-refractivity contribution >= 4 is 5.96 Å². The monoisotopic (exact) mass is 327 g/mol. The van der Waals surface area contributed by atoms with Gasteiger partial charge in [0.1, 0.15) is 0 Å². The lowest BCUT2D eigenvalue weighted by Crippen LogP contribution is -2.40. The molecular weight excluding hydrogens is 290 g/mol. The minimum absolute atomic E-state index is 0.222. The van der Waals surface area contributed by atoms with E-state index in [2.05, 4.69) is 53.2 Å². The lowest BCUT2D eigenvalue weighted by Gasteiger charge is -2.22. The highest BCUT2D eigenvalue weighted by atomic mass is 16.5. The largest absolute Gasteiger partial charge is 0.377 e. The number of hydrogen-bond donors (Lipinski definition) is 2. The molecule has 136 valence electrons. The van der Waals surface area contributed by atoms with E-state index in [-0.39, 0.29) is 5.60 Å². The van der Waals surface area contributed by atoms with E-state index in [1.165, 1.54) is 32.6 Å². The average molecular weight is 328 g/mol. The van der Waals surface area contributed by atoms with Crippen LogP contribution >= 0.6 is 0 Å². The van der Waals surface area contributed by atoms with Gasteiger partial charge in [0.05, 0.1) is 12.1 Å². The molecule has 0 aromatic rings. The summed E-state index contributed by atoms with van der Waals surface area (Å²) in [4.78, 5) is 9.61. The molecular formula is C17H37N5O. The lowest BCUT2D eigenvalue weighted by molar-refractivity contribution is 0.0310. The van der Waals surface area contributed by atoms with E-state index >= 15 is 0 Å². The Kier molecular flexibility index (Phi) is 9.52. The van der Waals surface area contributed by atoms with Gasteiger partial charge in [-0.15, -0.1) is 0 Å². The molecule has 1 heterocycles. The molecule has 0 spiro atoms. The van der Waals surface area contributed by atoms with Gasteiger partial charge in [-0.2, -0.15) is 0 Å². The van der Waals surface area contributed by atoms with Crippen LogP contribution in [0.25, 0.3) is 0 Å². The van der Waals surface area contributed by atoms with Gasteiger partial charge >= 0.3 is 0 Å². The first kappa shape index (κ1) is 20.2. The van der Waals surface area contributed by atoms with Crippen molar-refractivity contribution < 1.29 is 4.74 Å². The molecule has 6 heteroatoms. The van der Waals surface area contributed by atoms with Crippen molar-refractivity contribution in [3.63, 3.8) is 0 Å². The summed E-state index contributed by atoms with van der Waals surface area (Å²) in [5.41, 5.74) is -0.222. The third kappa shape index (κ3) is 9.13. The van der Waals surface area contributed by atoms with Crippen LogP contribution in [0.5, 0.6) is 0 Å². The number of hydrogen-bond acceptors (Lipinski definition) is 4. The molecule has 0 aromatic heterocycles. The van der Waals surface area contributed by atoms with Crippen molar-refractivity contribution in [1.82, 2.24) is 20.4 Å². The molecule has 1 saturated heterocycles. The number of nitrogens with zero attached hydrogens (tertiary/aromatic N) is 3. The van der Waals surface area contributed by atoms with E-state index in [9.17, 15) is 0 Å². The van der Waals surface area contributed by atoms with E-state index in [0.717, 1.165) is 32.0 Å². The van der Waals surface area contributed by atoms with E-state index in [1.54, 1.807) is 7.11 Å². The molecule has 23 heavy (non-hydrogen) atoms. The minimum Gasteiger partial charge on any atom is -0.377 e. The summed E-state index contributed by atoms with van der Waals surface area (Å²) in [6.45, 7) is 14.6. The van der Waals surface area contributed by atoms with Crippen LogP contribution in [0, 0.1) is 0 Å². The lowest BCUT2D eigenvalue weighted by atomic mass is 10.1. The Morgan fingerprint density at radius 2 is 1.96 bits per heavy atom. The number of likely N-dealkylation sites (N-methyl/N-ethyl adjacent to an activating group) is 1. The molecule has 0 amide bonds. The molecule has 0 bridgehead atoms. The van der Waals surface area contributed by atoms with Crippen molar-refractivity contribution in [1.29, 1.82) is 0 Å². The summed E-state index contributed by atoms with van der Waals surface area (Å²) in [5, 5.41) is 6.72. The highest BCUT2D eigenvalue weighted by Gasteiger charge is 2.15. The van der Waals surface area contributed by atoms with Gasteiger partial charge in [0.2, 0.25) is 0 Å². The number of aliphatic imine (C=N–C) groups is 1. The van der Waals surface area contributed by atoms with Gasteiger partial charge in [0, 0.05) is 33.3 Å².